The number of hydrogen-bond donors (Lipinski definition) is 0. The van der Waals surface area contributed by atoms with Crippen molar-refractivity contribution < 1.29 is 4.74 Å². The van der Waals surface area contributed by atoms with Gasteiger partial charge in [0.1, 0.15) is 16.7 Å². The van der Waals surface area contributed by atoms with Gasteiger partial charge < -0.3 is 4.74 Å². The number of halogens is 1. The van der Waals surface area contributed by atoms with Gasteiger partial charge in [0.05, 0.1) is 12.3 Å². The van der Waals surface area contributed by atoms with E-state index in [1.54, 1.807) is 0 Å². The van der Waals surface area contributed by atoms with Gasteiger partial charge in [0.25, 0.3) is 0 Å². The molecule has 0 saturated heterocycles. The molecule has 1 fully saturated rings. The minimum Gasteiger partial charge on any atom is -0.494 e. The number of nitrogens with zero attached hydrogens (tertiary/aromatic N) is 2. The molecule has 20 heavy (non-hydrogen) atoms. The first-order chi connectivity index (χ1) is 9.69. The summed E-state index contributed by atoms with van der Waals surface area (Å²) >= 11 is 6.25. The summed E-state index contributed by atoms with van der Waals surface area (Å²) < 4.78 is 5.46. The average Bonchev–Trinajstić information content (AvgIpc) is 3.28. The number of ether oxygens (including phenoxy) is 1. The first-order valence-corrected chi connectivity index (χ1v) is 7.34. The molecule has 1 aromatic carbocycles. The van der Waals surface area contributed by atoms with E-state index < -0.39 is 0 Å². The molecular weight excluding hydrogens is 272 g/mol. The molecule has 0 N–H and O–H groups in total. The SMILES string of the molecule is CCOc1ccc(-c2nc(C3CC3)nc(Cl)c2C)cc1. The van der Waals surface area contributed by atoms with Crippen molar-refractivity contribution in [2.24, 2.45) is 0 Å². The maximum absolute atomic E-state index is 6.25. The zero-order valence-corrected chi connectivity index (χ0v) is 12.4. The van der Waals surface area contributed by atoms with Gasteiger partial charge in [-0.05, 0) is 51.0 Å². The molecule has 3 nitrogen and oxygen atoms in total. The predicted octanol–water partition coefficient (Wildman–Crippen LogP) is 4.38. The fourth-order valence-corrected chi connectivity index (χ4v) is 2.36. The van der Waals surface area contributed by atoms with E-state index in [9.17, 15) is 0 Å². The highest BCUT2D eigenvalue weighted by Crippen LogP contribution is 2.40. The Morgan fingerprint density at radius 2 is 1.90 bits per heavy atom. The Morgan fingerprint density at radius 1 is 1.20 bits per heavy atom. The molecule has 0 amide bonds. The molecule has 2 aromatic rings. The van der Waals surface area contributed by atoms with Crippen molar-refractivity contribution in [3.8, 4) is 17.0 Å². The zero-order valence-electron chi connectivity index (χ0n) is 11.7. The van der Waals surface area contributed by atoms with Gasteiger partial charge in [-0.1, -0.05) is 11.6 Å². The number of rotatable bonds is 4. The Labute approximate surface area is 124 Å². The molecule has 0 radical (unpaired) electrons. The molecule has 1 heterocycles. The lowest BCUT2D eigenvalue weighted by Crippen LogP contribution is -1.99. The Kier molecular flexibility index (Phi) is 3.62. The van der Waals surface area contributed by atoms with E-state index in [2.05, 4.69) is 4.98 Å². The van der Waals surface area contributed by atoms with Crippen molar-refractivity contribution >= 4 is 11.6 Å². The van der Waals surface area contributed by atoms with E-state index in [4.69, 9.17) is 21.3 Å². The molecule has 0 unspecified atom stereocenters. The van der Waals surface area contributed by atoms with Crippen LogP contribution in [0.15, 0.2) is 24.3 Å². The van der Waals surface area contributed by atoms with Crippen LogP contribution in [0.1, 0.15) is 37.1 Å². The third-order valence-electron chi connectivity index (χ3n) is 3.48. The van der Waals surface area contributed by atoms with Crippen molar-refractivity contribution in [2.75, 3.05) is 6.61 Å². The normalized spacial score (nSPS) is 14.3. The summed E-state index contributed by atoms with van der Waals surface area (Å²) in [6.45, 7) is 4.61. The van der Waals surface area contributed by atoms with Crippen LogP contribution in [-0.4, -0.2) is 16.6 Å². The smallest absolute Gasteiger partial charge is 0.136 e. The van der Waals surface area contributed by atoms with E-state index in [1.807, 2.05) is 38.1 Å². The van der Waals surface area contributed by atoms with E-state index >= 15 is 0 Å². The third kappa shape index (κ3) is 2.63. The second-order valence-electron chi connectivity index (χ2n) is 5.08. The average molecular weight is 289 g/mol. The molecule has 1 aliphatic carbocycles. The second kappa shape index (κ2) is 5.41. The van der Waals surface area contributed by atoms with Crippen molar-refractivity contribution in [2.45, 2.75) is 32.6 Å². The maximum Gasteiger partial charge on any atom is 0.136 e. The van der Waals surface area contributed by atoms with Gasteiger partial charge in [-0.25, -0.2) is 9.97 Å². The van der Waals surface area contributed by atoms with Crippen molar-refractivity contribution in [3.63, 3.8) is 0 Å². The van der Waals surface area contributed by atoms with E-state index in [0.717, 1.165) is 28.4 Å². The van der Waals surface area contributed by atoms with Crippen LogP contribution >= 0.6 is 11.6 Å². The summed E-state index contributed by atoms with van der Waals surface area (Å²) in [7, 11) is 0. The van der Waals surface area contributed by atoms with Crippen LogP contribution in [0.25, 0.3) is 11.3 Å². The van der Waals surface area contributed by atoms with E-state index in [-0.39, 0.29) is 0 Å². The molecular formula is C16H17ClN2O. The van der Waals surface area contributed by atoms with Crippen LogP contribution < -0.4 is 4.74 Å². The summed E-state index contributed by atoms with van der Waals surface area (Å²) in [4.78, 5) is 9.10. The molecule has 0 atom stereocenters. The summed E-state index contributed by atoms with van der Waals surface area (Å²) in [5.41, 5.74) is 2.91. The van der Waals surface area contributed by atoms with E-state index in [1.165, 1.54) is 12.8 Å². The molecule has 1 aliphatic rings. The topological polar surface area (TPSA) is 35.0 Å². The van der Waals surface area contributed by atoms with Crippen molar-refractivity contribution in [3.05, 3.63) is 40.8 Å². The summed E-state index contributed by atoms with van der Waals surface area (Å²) in [6, 6.07) is 7.97. The third-order valence-corrected chi connectivity index (χ3v) is 3.85. The number of aromatic nitrogens is 2. The Bertz CT molecular complexity index is 621. The van der Waals surface area contributed by atoms with Gasteiger partial charge >= 0.3 is 0 Å². The van der Waals surface area contributed by atoms with Crippen molar-refractivity contribution in [1.29, 1.82) is 0 Å². The summed E-state index contributed by atoms with van der Waals surface area (Å²) in [5, 5.41) is 0.561. The van der Waals surface area contributed by atoms with Crippen molar-refractivity contribution in [1.82, 2.24) is 9.97 Å². The van der Waals surface area contributed by atoms with Gasteiger partial charge in [0.2, 0.25) is 0 Å². The Hall–Kier alpha value is -1.61. The van der Waals surface area contributed by atoms with Crippen LogP contribution in [0.5, 0.6) is 5.75 Å². The standard InChI is InChI=1S/C16H17ClN2O/c1-3-20-13-8-6-11(7-9-13)14-10(2)15(17)19-16(18-14)12-4-5-12/h6-9,12H,3-5H2,1-2H3. The zero-order chi connectivity index (χ0) is 14.1. The lowest BCUT2D eigenvalue weighted by molar-refractivity contribution is 0.340. The van der Waals surface area contributed by atoms with Crippen LogP contribution in [0, 0.1) is 6.92 Å². The van der Waals surface area contributed by atoms with Gasteiger partial charge in [-0.3, -0.25) is 0 Å². The predicted molar refractivity (Wildman–Crippen MR) is 80.4 cm³/mol. The van der Waals surface area contributed by atoms with Gasteiger partial charge in [-0.15, -0.1) is 0 Å². The van der Waals surface area contributed by atoms with Crippen LogP contribution in [-0.2, 0) is 0 Å². The van der Waals surface area contributed by atoms with Crippen LogP contribution in [0.4, 0.5) is 0 Å². The van der Waals surface area contributed by atoms with Gasteiger partial charge in [0, 0.05) is 17.0 Å². The number of benzene rings is 1. The summed E-state index contributed by atoms with van der Waals surface area (Å²) in [5.74, 6) is 2.25. The molecule has 0 bridgehead atoms. The molecule has 0 spiro atoms. The first-order valence-electron chi connectivity index (χ1n) is 6.96. The fourth-order valence-electron chi connectivity index (χ4n) is 2.19. The maximum atomic E-state index is 6.25. The first kappa shape index (κ1) is 13.4. The lowest BCUT2D eigenvalue weighted by atomic mass is 10.1. The fraction of sp³-hybridized carbons (Fsp3) is 0.375. The molecule has 104 valence electrons. The van der Waals surface area contributed by atoms with Gasteiger partial charge in [-0.2, -0.15) is 0 Å². The molecule has 1 saturated carbocycles. The lowest BCUT2D eigenvalue weighted by Gasteiger charge is -2.10. The number of hydrogen-bond acceptors (Lipinski definition) is 3. The highest BCUT2D eigenvalue weighted by Gasteiger charge is 2.28. The largest absolute Gasteiger partial charge is 0.494 e. The Morgan fingerprint density at radius 3 is 2.50 bits per heavy atom. The highest BCUT2D eigenvalue weighted by atomic mass is 35.5. The van der Waals surface area contributed by atoms with E-state index in [0.29, 0.717) is 17.7 Å². The molecule has 4 heteroatoms. The quantitative estimate of drug-likeness (QED) is 0.783. The van der Waals surface area contributed by atoms with Crippen LogP contribution in [0.3, 0.4) is 0 Å². The van der Waals surface area contributed by atoms with Gasteiger partial charge in [0.15, 0.2) is 0 Å². The molecule has 3 rings (SSSR count). The monoisotopic (exact) mass is 288 g/mol. The minimum absolute atomic E-state index is 0.495. The highest BCUT2D eigenvalue weighted by molar-refractivity contribution is 6.30. The minimum atomic E-state index is 0.495. The molecule has 0 aliphatic heterocycles. The Balaban J connectivity index is 1.99. The molecule has 1 aromatic heterocycles. The second-order valence-corrected chi connectivity index (χ2v) is 5.44. The summed E-state index contributed by atoms with van der Waals surface area (Å²) in [6.07, 6.45) is 2.34. The van der Waals surface area contributed by atoms with Crippen LogP contribution in [0.2, 0.25) is 5.15 Å².